The Labute approximate surface area is 172 Å². The minimum absolute atomic E-state index is 0.200. The van der Waals surface area contributed by atoms with Crippen molar-refractivity contribution in [2.24, 2.45) is 0 Å². The van der Waals surface area contributed by atoms with E-state index in [0.29, 0.717) is 5.69 Å². The Morgan fingerprint density at radius 3 is 2.10 bits per heavy atom. The van der Waals surface area contributed by atoms with Crippen LogP contribution in [0.4, 0.5) is 0 Å². The zero-order valence-corrected chi connectivity index (χ0v) is 16.9. The number of carboxylic acid groups (broad SMARTS) is 1. The fraction of sp³-hybridized carbons (Fsp3) is 0.227. The van der Waals surface area contributed by atoms with Gasteiger partial charge in [0.2, 0.25) is 5.60 Å². The third-order valence-corrected chi connectivity index (χ3v) is 4.89. The van der Waals surface area contributed by atoms with Crippen molar-refractivity contribution in [1.82, 2.24) is 4.98 Å². The molecule has 7 heteroatoms. The first kappa shape index (κ1) is 20.5. The molecule has 0 radical (unpaired) electrons. The minimum Gasteiger partial charge on any atom is -0.481 e. The number of hydrogen-bond donors (Lipinski definition) is 1. The van der Waals surface area contributed by atoms with E-state index in [9.17, 15) is 9.59 Å². The lowest BCUT2D eigenvalue weighted by Gasteiger charge is -2.26. The molecule has 6 nitrogen and oxygen atoms in total. The van der Waals surface area contributed by atoms with E-state index < -0.39 is 23.6 Å². The normalized spacial score (nSPS) is 11.3. The molecule has 3 rings (SSSR count). The SMILES string of the molecule is CC(C)(Oc1nc(CC(=O)O)cs1)C(=O)OC(c1ccccc1)c1ccccc1. The van der Waals surface area contributed by atoms with Crippen molar-refractivity contribution in [3.8, 4) is 5.19 Å². The predicted octanol–water partition coefficient (Wildman–Crippen LogP) is 4.26. The number of benzene rings is 2. The topological polar surface area (TPSA) is 85.7 Å². The molecule has 0 bridgehead atoms. The standard InChI is InChI=1S/C22H21NO5S/c1-22(2,28-21-23-17(14-29-21)13-18(24)25)20(26)27-19(15-9-5-3-6-10-15)16-11-7-4-8-12-16/h3-12,14,19H,13H2,1-2H3,(H,24,25). The fourth-order valence-electron chi connectivity index (χ4n) is 2.66. The van der Waals surface area contributed by atoms with Crippen molar-refractivity contribution in [3.63, 3.8) is 0 Å². The van der Waals surface area contributed by atoms with Gasteiger partial charge < -0.3 is 14.6 Å². The fourth-order valence-corrected chi connectivity index (χ4v) is 3.46. The monoisotopic (exact) mass is 411 g/mol. The lowest BCUT2D eigenvalue weighted by atomic mass is 10.0. The van der Waals surface area contributed by atoms with Gasteiger partial charge in [0.25, 0.3) is 5.19 Å². The summed E-state index contributed by atoms with van der Waals surface area (Å²) in [5, 5.41) is 10.7. The van der Waals surface area contributed by atoms with Crippen molar-refractivity contribution in [3.05, 3.63) is 82.9 Å². The number of esters is 1. The van der Waals surface area contributed by atoms with Gasteiger partial charge in [0.05, 0.1) is 12.1 Å². The van der Waals surface area contributed by atoms with Crippen LogP contribution in [0.2, 0.25) is 0 Å². The number of carbonyl (C=O) groups is 2. The molecule has 0 aliphatic rings. The highest BCUT2D eigenvalue weighted by Gasteiger charge is 2.35. The Morgan fingerprint density at radius 2 is 1.59 bits per heavy atom. The Kier molecular flexibility index (Phi) is 6.29. The number of ether oxygens (including phenoxy) is 2. The quantitative estimate of drug-likeness (QED) is 0.558. The zero-order valence-electron chi connectivity index (χ0n) is 16.1. The lowest BCUT2D eigenvalue weighted by Crippen LogP contribution is -2.40. The summed E-state index contributed by atoms with van der Waals surface area (Å²) >= 11 is 1.14. The maximum atomic E-state index is 12.9. The summed E-state index contributed by atoms with van der Waals surface area (Å²) in [7, 11) is 0. The van der Waals surface area contributed by atoms with Crippen molar-refractivity contribution < 1.29 is 24.2 Å². The first-order valence-corrected chi connectivity index (χ1v) is 9.89. The molecule has 1 heterocycles. The highest BCUT2D eigenvalue weighted by atomic mass is 32.1. The van der Waals surface area contributed by atoms with Gasteiger partial charge in [-0.2, -0.15) is 0 Å². The average molecular weight is 411 g/mol. The van der Waals surface area contributed by atoms with Crippen molar-refractivity contribution in [2.75, 3.05) is 0 Å². The molecule has 29 heavy (non-hydrogen) atoms. The van der Waals surface area contributed by atoms with Crippen LogP contribution in [0.5, 0.6) is 5.19 Å². The van der Waals surface area contributed by atoms with Gasteiger partial charge in [-0.3, -0.25) is 4.79 Å². The van der Waals surface area contributed by atoms with E-state index in [1.165, 1.54) is 0 Å². The smallest absolute Gasteiger partial charge is 0.350 e. The number of carboxylic acids is 1. The van der Waals surface area contributed by atoms with Gasteiger partial charge >= 0.3 is 11.9 Å². The van der Waals surface area contributed by atoms with Crippen LogP contribution in [0.3, 0.4) is 0 Å². The number of carbonyl (C=O) groups excluding carboxylic acids is 1. The maximum absolute atomic E-state index is 12.9. The molecule has 1 N–H and O–H groups in total. The molecule has 150 valence electrons. The number of thiazole rings is 1. The summed E-state index contributed by atoms with van der Waals surface area (Å²) in [4.78, 5) is 27.9. The van der Waals surface area contributed by atoms with Crippen LogP contribution in [0.25, 0.3) is 0 Å². The summed E-state index contributed by atoms with van der Waals surface area (Å²) in [5.41, 5.74) is 0.773. The van der Waals surface area contributed by atoms with Crippen LogP contribution in [-0.2, 0) is 20.7 Å². The summed E-state index contributed by atoms with van der Waals surface area (Å²) in [6.07, 6.45) is -0.777. The molecule has 0 spiro atoms. The van der Waals surface area contributed by atoms with E-state index in [0.717, 1.165) is 22.5 Å². The predicted molar refractivity (Wildman–Crippen MR) is 109 cm³/mol. The summed E-state index contributed by atoms with van der Waals surface area (Å²) < 4.78 is 11.6. The average Bonchev–Trinajstić information content (AvgIpc) is 3.12. The molecule has 0 aliphatic carbocycles. The molecule has 0 saturated heterocycles. The highest BCUT2D eigenvalue weighted by Crippen LogP contribution is 2.30. The van der Waals surface area contributed by atoms with E-state index in [1.54, 1.807) is 19.2 Å². The van der Waals surface area contributed by atoms with Crippen LogP contribution in [0.15, 0.2) is 66.0 Å². The van der Waals surface area contributed by atoms with Crippen LogP contribution in [0, 0.1) is 0 Å². The number of aromatic nitrogens is 1. The molecule has 2 aromatic carbocycles. The van der Waals surface area contributed by atoms with Gasteiger partial charge in [0.1, 0.15) is 0 Å². The highest BCUT2D eigenvalue weighted by molar-refractivity contribution is 7.11. The van der Waals surface area contributed by atoms with Crippen LogP contribution in [0.1, 0.15) is 36.8 Å². The van der Waals surface area contributed by atoms with E-state index in [2.05, 4.69) is 4.98 Å². The molecule has 1 aromatic heterocycles. The van der Waals surface area contributed by atoms with E-state index in [4.69, 9.17) is 14.6 Å². The largest absolute Gasteiger partial charge is 0.481 e. The van der Waals surface area contributed by atoms with Crippen LogP contribution >= 0.6 is 11.3 Å². The Morgan fingerprint density at radius 1 is 1.03 bits per heavy atom. The van der Waals surface area contributed by atoms with Crippen molar-refractivity contribution in [2.45, 2.75) is 32.0 Å². The number of hydrogen-bond acceptors (Lipinski definition) is 6. The maximum Gasteiger partial charge on any atom is 0.350 e. The van der Waals surface area contributed by atoms with Crippen molar-refractivity contribution in [1.29, 1.82) is 0 Å². The second kappa shape index (κ2) is 8.87. The third-order valence-electron chi connectivity index (χ3n) is 4.13. The van der Waals surface area contributed by atoms with Gasteiger partial charge in [-0.15, -0.1) is 0 Å². The van der Waals surface area contributed by atoms with E-state index in [1.807, 2.05) is 60.7 Å². The minimum atomic E-state index is -1.31. The Bertz CT molecular complexity index is 930. The molecule has 3 aromatic rings. The Hall–Kier alpha value is -3.19. The molecule has 0 unspecified atom stereocenters. The second-order valence-corrected chi connectivity index (χ2v) is 7.71. The molecule has 0 fully saturated rings. The number of rotatable bonds is 8. The zero-order chi connectivity index (χ0) is 20.9. The molecule has 0 atom stereocenters. The van der Waals surface area contributed by atoms with Gasteiger partial charge in [-0.05, 0) is 25.0 Å². The first-order chi connectivity index (χ1) is 13.8. The number of nitrogens with zero attached hydrogens (tertiary/aromatic N) is 1. The summed E-state index contributed by atoms with van der Waals surface area (Å²) in [6, 6.07) is 19.0. The van der Waals surface area contributed by atoms with Gasteiger partial charge in [-0.1, -0.05) is 72.0 Å². The van der Waals surface area contributed by atoms with Gasteiger partial charge in [0.15, 0.2) is 6.10 Å². The number of aliphatic carboxylic acids is 1. The second-order valence-electron chi connectivity index (χ2n) is 6.89. The molecular formula is C22H21NO5S. The first-order valence-electron chi connectivity index (χ1n) is 9.01. The van der Waals surface area contributed by atoms with Crippen molar-refractivity contribution >= 4 is 23.3 Å². The molecular weight excluding hydrogens is 390 g/mol. The third kappa shape index (κ3) is 5.42. The summed E-state index contributed by atoms with van der Waals surface area (Å²) in [5.74, 6) is -1.53. The molecule has 0 aliphatic heterocycles. The summed E-state index contributed by atoms with van der Waals surface area (Å²) in [6.45, 7) is 3.20. The van der Waals surface area contributed by atoms with Crippen LogP contribution in [-0.4, -0.2) is 27.6 Å². The van der Waals surface area contributed by atoms with Gasteiger partial charge in [-0.25, -0.2) is 9.78 Å². The van der Waals surface area contributed by atoms with E-state index >= 15 is 0 Å². The van der Waals surface area contributed by atoms with Gasteiger partial charge in [0, 0.05) is 5.38 Å². The van der Waals surface area contributed by atoms with E-state index in [-0.39, 0.29) is 11.6 Å². The lowest BCUT2D eigenvalue weighted by molar-refractivity contribution is -0.163. The molecule has 0 saturated carbocycles. The van der Waals surface area contributed by atoms with Crippen LogP contribution < -0.4 is 4.74 Å². The molecule has 0 amide bonds. The Balaban J connectivity index is 1.77.